The maximum Gasteiger partial charge on any atom is 0.257 e. The van der Waals surface area contributed by atoms with Gasteiger partial charge in [-0.1, -0.05) is 17.8 Å². The molecular formula is C18H22N4O3S2. The maximum atomic E-state index is 12.9. The van der Waals surface area contributed by atoms with Gasteiger partial charge in [-0.2, -0.15) is 4.31 Å². The van der Waals surface area contributed by atoms with Gasteiger partial charge in [0, 0.05) is 24.1 Å². The molecule has 1 saturated carbocycles. The van der Waals surface area contributed by atoms with Crippen LogP contribution in [0.3, 0.4) is 0 Å². The van der Waals surface area contributed by atoms with Crippen molar-refractivity contribution in [1.29, 1.82) is 0 Å². The largest absolute Gasteiger partial charge is 0.296 e. The Hall–Kier alpha value is -1.84. The molecule has 7 nitrogen and oxygen atoms in total. The molecule has 1 amide bonds. The van der Waals surface area contributed by atoms with Crippen molar-refractivity contribution in [1.82, 2.24) is 14.5 Å². The normalized spacial score (nSPS) is 21.1. The summed E-state index contributed by atoms with van der Waals surface area (Å²) in [7, 11) is -3.53. The molecule has 0 spiro atoms. The number of carbonyl (C=O) groups is 1. The molecule has 1 aliphatic heterocycles. The summed E-state index contributed by atoms with van der Waals surface area (Å²) in [5.74, 6) is 0.179. The van der Waals surface area contributed by atoms with Crippen molar-refractivity contribution >= 4 is 32.4 Å². The number of hydrogen-bond donors (Lipinski definition) is 1. The average Bonchev–Trinajstić information content (AvgIpc) is 3.41. The Morgan fingerprint density at radius 2 is 1.89 bits per heavy atom. The molecule has 2 aliphatic rings. The first-order chi connectivity index (χ1) is 12.9. The van der Waals surface area contributed by atoms with E-state index in [0.29, 0.717) is 23.2 Å². The van der Waals surface area contributed by atoms with Crippen LogP contribution in [0.1, 0.15) is 60.3 Å². The smallest absolute Gasteiger partial charge is 0.257 e. The quantitative estimate of drug-likeness (QED) is 0.823. The van der Waals surface area contributed by atoms with Crippen LogP contribution in [-0.2, 0) is 10.0 Å². The molecule has 1 aromatic carbocycles. The first-order valence-electron chi connectivity index (χ1n) is 9.22. The second kappa shape index (κ2) is 7.29. The lowest BCUT2D eigenvalue weighted by atomic mass is 10.1. The summed E-state index contributed by atoms with van der Waals surface area (Å²) in [4.78, 5) is 12.6. The molecule has 2 aromatic rings. The van der Waals surface area contributed by atoms with Gasteiger partial charge in [0.15, 0.2) is 0 Å². The second-order valence-corrected chi connectivity index (χ2v) is 10.1. The Balaban J connectivity index is 1.46. The van der Waals surface area contributed by atoms with Crippen molar-refractivity contribution in [2.75, 3.05) is 11.9 Å². The van der Waals surface area contributed by atoms with E-state index in [1.807, 2.05) is 6.92 Å². The van der Waals surface area contributed by atoms with Crippen molar-refractivity contribution in [3.8, 4) is 0 Å². The van der Waals surface area contributed by atoms with Crippen LogP contribution in [0, 0.1) is 0 Å². The highest BCUT2D eigenvalue weighted by Gasteiger charge is 2.31. The molecule has 9 heteroatoms. The molecule has 2 fully saturated rings. The summed E-state index contributed by atoms with van der Waals surface area (Å²) in [5.41, 5.74) is 0.392. The van der Waals surface area contributed by atoms with Crippen molar-refractivity contribution in [2.24, 2.45) is 0 Å². The number of benzene rings is 1. The van der Waals surface area contributed by atoms with E-state index >= 15 is 0 Å². The fraction of sp³-hybridized carbons (Fsp3) is 0.500. The SMILES string of the molecule is CC1CCCCN1S(=O)(=O)c1ccc(C(=O)Nc2nnc(C3CC3)s2)cc1. The van der Waals surface area contributed by atoms with Gasteiger partial charge in [0.1, 0.15) is 5.01 Å². The van der Waals surface area contributed by atoms with Gasteiger partial charge in [-0.3, -0.25) is 10.1 Å². The van der Waals surface area contributed by atoms with Crippen LogP contribution >= 0.6 is 11.3 Å². The molecule has 1 atom stereocenters. The zero-order valence-electron chi connectivity index (χ0n) is 15.1. The van der Waals surface area contributed by atoms with Crippen LogP contribution in [0.2, 0.25) is 0 Å². The molecule has 1 unspecified atom stereocenters. The number of carbonyl (C=O) groups excluding carboxylic acids is 1. The highest BCUT2D eigenvalue weighted by atomic mass is 32.2. The molecule has 0 bridgehead atoms. The van der Waals surface area contributed by atoms with Gasteiger partial charge in [0.05, 0.1) is 4.90 Å². The molecule has 27 heavy (non-hydrogen) atoms. The molecule has 4 rings (SSSR count). The number of piperidine rings is 1. The van der Waals surface area contributed by atoms with Crippen molar-refractivity contribution in [3.63, 3.8) is 0 Å². The predicted octanol–water partition coefficient (Wildman–Crippen LogP) is 3.23. The minimum Gasteiger partial charge on any atom is -0.296 e. The standard InChI is InChI=1S/C18H22N4O3S2/c1-12-4-2-3-11-22(12)27(24,25)15-9-7-13(8-10-15)16(23)19-18-21-20-17(26-18)14-5-6-14/h7-10,12,14H,2-6,11H2,1H3,(H,19,21,23). The first kappa shape index (κ1) is 18.5. The van der Waals surface area contributed by atoms with Crippen LogP contribution in [0.25, 0.3) is 0 Å². The Labute approximate surface area is 162 Å². The van der Waals surface area contributed by atoms with Crippen molar-refractivity contribution in [3.05, 3.63) is 34.8 Å². The van der Waals surface area contributed by atoms with Gasteiger partial charge >= 0.3 is 0 Å². The number of sulfonamides is 1. The Kier molecular flexibility index (Phi) is 5.00. The number of amides is 1. The highest BCUT2D eigenvalue weighted by Crippen LogP contribution is 2.42. The van der Waals surface area contributed by atoms with Crippen molar-refractivity contribution < 1.29 is 13.2 Å². The van der Waals surface area contributed by atoms with E-state index in [1.165, 1.54) is 23.5 Å². The zero-order chi connectivity index (χ0) is 19.0. The molecule has 1 N–H and O–H groups in total. The zero-order valence-corrected chi connectivity index (χ0v) is 16.7. The van der Waals surface area contributed by atoms with Gasteiger partial charge in [-0.25, -0.2) is 8.42 Å². The van der Waals surface area contributed by atoms with Crippen LogP contribution < -0.4 is 5.32 Å². The predicted molar refractivity (Wildman–Crippen MR) is 103 cm³/mol. The molecule has 2 heterocycles. The Morgan fingerprint density at radius 3 is 2.56 bits per heavy atom. The summed E-state index contributed by atoms with van der Waals surface area (Å²) in [6, 6.07) is 6.09. The lowest BCUT2D eigenvalue weighted by molar-refractivity contribution is 0.102. The summed E-state index contributed by atoms with van der Waals surface area (Å²) in [5, 5.41) is 12.3. The highest BCUT2D eigenvalue weighted by molar-refractivity contribution is 7.89. The Bertz CT molecular complexity index is 936. The summed E-state index contributed by atoms with van der Waals surface area (Å²) in [6.45, 7) is 2.49. The maximum absolute atomic E-state index is 12.9. The fourth-order valence-electron chi connectivity index (χ4n) is 3.29. The minimum atomic E-state index is -3.53. The van der Waals surface area contributed by atoms with Gasteiger partial charge in [0.2, 0.25) is 15.2 Å². The van der Waals surface area contributed by atoms with Crippen LogP contribution in [0.15, 0.2) is 29.2 Å². The fourth-order valence-corrected chi connectivity index (χ4v) is 5.90. The third-order valence-corrected chi connectivity index (χ3v) is 8.08. The number of nitrogens with zero attached hydrogens (tertiary/aromatic N) is 3. The van der Waals surface area contributed by atoms with Crippen LogP contribution in [0.4, 0.5) is 5.13 Å². The number of nitrogens with one attached hydrogen (secondary N) is 1. The molecule has 1 saturated heterocycles. The van der Waals surface area contributed by atoms with Crippen LogP contribution in [-0.4, -0.2) is 41.4 Å². The van der Waals surface area contributed by atoms with E-state index in [-0.39, 0.29) is 16.8 Å². The number of anilines is 1. The average molecular weight is 407 g/mol. The monoisotopic (exact) mass is 406 g/mol. The topological polar surface area (TPSA) is 92.3 Å². The number of rotatable bonds is 5. The molecule has 0 radical (unpaired) electrons. The third-order valence-electron chi connectivity index (χ3n) is 5.05. The van der Waals surface area contributed by atoms with Gasteiger partial charge in [-0.05, 0) is 56.9 Å². The Morgan fingerprint density at radius 1 is 1.15 bits per heavy atom. The first-order valence-corrected chi connectivity index (χ1v) is 11.5. The van der Waals surface area contributed by atoms with Gasteiger partial charge < -0.3 is 0 Å². The van der Waals surface area contributed by atoms with E-state index in [0.717, 1.165) is 37.1 Å². The summed E-state index contributed by atoms with van der Waals surface area (Å²) >= 11 is 1.40. The molecular weight excluding hydrogens is 384 g/mol. The summed E-state index contributed by atoms with van der Waals surface area (Å²) in [6.07, 6.45) is 5.09. The van der Waals surface area contributed by atoms with Crippen molar-refractivity contribution in [2.45, 2.75) is 55.9 Å². The summed E-state index contributed by atoms with van der Waals surface area (Å²) < 4.78 is 27.3. The third kappa shape index (κ3) is 3.90. The lowest BCUT2D eigenvalue weighted by Crippen LogP contribution is -2.41. The van der Waals surface area contributed by atoms with Gasteiger partial charge in [-0.15, -0.1) is 10.2 Å². The minimum absolute atomic E-state index is 0.00444. The number of hydrogen-bond acceptors (Lipinski definition) is 6. The van der Waals surface area contributed by atoms with E-state index in [1.54, 1.807) is 16.4 Å². The van der Waals surface area contributed by atoms with E-state index < -0.39 is 10.0 Å². The lowest BCUT2D eigenvalue weighted by Gasteiger charge is -2.32. The number of aromatic nitrogens is 2. The molecule has 144 valence electrons. The molecule has 1 aromatic heterocycles. The van der Waals surface area contributed by atoms with E-state index in [9.17, 15) is 13.2 Å². The molecule has 1 aliphatic carbocycles. The van der Waals surface area contributed by atoms with E-state index in [4.69, 9.17) is 0 Å². The van der Waals surface area contributed by atoms with E-state index in [2.05, 4.69) is 15.5 Å². The van der Waals surface area contributed by atoms with Crippen LogP contribution in [0.5, 0.6) is 0 Å². The second-order valence-electron chi connectivity index (χ2n) is 7.16. The van der Waals surface area contributed by atoms with Gasteiger partial charge in [0.25, 0.3) is 5.91 Å².